The zero-order chi connectivity index (χ0) is 11.8. The van der Waals surface area contributed by atoms with Crippen LogP contribution in [0.25, 0.3) is 0 Å². The Balaban J connectivity index is 4.04. The van der Waals surface area contributed by atoms with Gasteiger partial charge in [0.25, 0.3) is 0 Å². The largest absolute Gasteiger partial charge is 0.463 e. The highest BCUT2D eigenvalue weighted by molar-refractivity contribution is 5.79. The molecule has 0 bridgehead atoms. The van der Waals surface area contributed by atoms with Gasteiger partial charge in [-0.3, -0.25) is 4.79 Å². The number of carbonyl (C=O) groups excluding carboxylic acids is 2. The van der Waals surface area contributed by atoms with E-state index in [1.54, 1.807) is 13.8 Å². The second-order valence-corrected chi connectivity index (χ2v) is 3.76. The normalized spacial score (nSPS) is 12.3. The molecule has 0 amide bonds. The van der Waals surface area contributed by atoms with Crippen molar-refractivity contribution in [3.8, 4) is 0 Å². The van der Waals surface area contributed by atoms with Crippen molar-refractivity contribution >= 4 is 11.9 Å². The van der Waals surface area contributed by atoms with Crippen LogP contribution in [0.4, 0.5) is 0 Å². The Morgan fingerprint density at radius 2 is 1.80 bits per heavy atom. The molecule has 88 valence electrons. The maximum atomic E-state index is 11.4. The molecule has 0 fully saturated rings. The van der Waals surface area contributed by atoms with Gasteiger partial charge >= 0.3 is 11.9 Å². The summed E-state index contributed by atoms with van der Waals surface area (Å²) in [5.74, 6) is -0.537. The molecule has 0 spiro atoms. The van der Waals surface area contributed by atoms with Gasteiger partial charge in [0.2, 0.25) is 0 Å². The van der Waals surface area contributed by atoms with E-state index in [4.69, 9.17) is 9.47 Å². The van der Waals surface area contributed by atoms with Crippen LogP contribution in [0.5, 0.6) is 0 Å². The molecule has 4 heteroatoms. The molecule has 0 saturated heterocycles. The molecule has 0 saturated carbocycles. The lowest BCUT2D eigenvalue weighted by atomic mass is 10.2. The first-order valence-electron chi connectivity index (χ1n) is 5.37. The van der Waals surface area contributed by atoms with E-state index in [9.17, 15) is 9.59 Å². The van der Waals surface area contributed by atoms with E-state index in [0.29, 0.717) is 13.0 Å². The molecule has 0 aromatic carbocycles. The molecule has 0 radical (unpaired) electrons. The summed E-state index contributed by atoms with van der Waals surface area (Å²) >= 11 is 0. The Hall–Kier alpha value is -1.06. The third-order valence-corrected chi connectivity index (χ3v) is 1.75. The number of esters is 2. The molecule has 0 heterocycles. The van der Waals surface area contributed by atoms with Gasteiger partial charge in [-0.15, -0.1) is 0 Å². The molecule has 0 N–H and O–H groups in total. The molecule has 0 aliphatic heterocycles. The van der Waals surface area contributed by atoms with Crippen molar-refractivity contribution in [2.45, 2.75) is 46.6 Å². The SMILES string of the molecule is CCC(=O)O[C@H](CC)C(=O)OCC(C)C. The first-order valence-corrected chi connectivity index (χ1v) is 5.37. The Kier molecular flexibility index (Phi) is 6.75. The Morgan fingerprint density at radius 1 is 1.20 bits per heavy atom. The van der Waals surface area contributed by atoms with Gasteiger partial charge in [-0.1, -0.05) is 27.7 Å². The minimum Gasteiger partial charge on any atom is -0.463 e. The van der Waals surface area contributed by atoms with Crippen LogP contribution in [-0.4, -0.2) is 24.6 Å². The lowest BCUT2D eigenvalue weighted by Gasteiger charge is -2.15. The van der Waals surface area contributed by atoms with Crippen LogP contribution in [-0.2, 0) is 19.1 Å². The molecule has 4 nitrogen and oxygen atoms in total. The molecule has 0 unspecified atom stereocenters. The monoisotopic (exact) mass is 216 g/mol. The summed E-state index contributed by atoms with van der Waals surface area (Å²) in [5, 5.41) is 0. The molecule has 0 aliphatic rings. The Morgan fingerprint density at radius 3 is 2.20 bits per heavy atom. The van der Waals surface area contributed by atoms with Gasteiger partial charge in [-0.05, 0) is 12.3 Å². The average Bonchev–Trinajstić information content (AvgIpc) is 2.21. The fourth-order valence-electron chi connectivity index (χ4n) is 0.882. The summed E-state index contributed by atoms with van der Waals surface area (Å²) in [6.07, 6.45) is -0.0346. The van der Waals surface area contributed by atoms with Gasteiger partial charge < -0.3 is 9.47 Å². The van der Waals surface area contributed by atoms with E-state index in [0.717, 1.165) is 0 Å². The van der Waals surface area contributed by atoms with E-state index in [1.807, 2.05) is 13.8 Å². The molecule has 0 rings (SSSR count). The summed E-state index contributed by atoms with van der Waals surface area (Å²) in [4.78, 5) is 22.4. The number of rotatable bonds is 6. The van der Waals surface area contributed by atoms with E-state index in [2.05, 4.69) is 0 Å². The molecule has 15 heavy (non-hydrogen) atoms. The van der Waals surface area contributed by atoms with Crippen molar-refractivity contribution in [1.29, 1.82) is 0 Å². The molecule has 0 aromatic heterocycles. The van der Waals surface area contributed by atoms with Crippen molar-refractivity contribution in [1.82, 2.24) is 0 Å². The second-order valence-electron chi connectivity index (χ2n) is 3.76. The van der Waals surface area contributed by atoms with E-state index in [-0.39, 0.29) is 18.3 Å². The van der Waals surface area contributed by atoms with Crippen molar-refractivity contribution in [2.24, 2.45) is 5.92 Å². The second kappa shape index (κ2) is 7.26. The van der Waals surface area contributed by atoms with Gasteiger partial charge in [-0.25, -0.2) is 4.79 Å². The number of hydrogen-bond donors (Lipinski definition) is 0. The molecule has 0 aliphatic carbocycles. The zero-order valence-electron chi connectivity index (χ0n) is 9.91. The van der Waals surface area contributed by atoms with E-state index >= 15 is 0 Å². The predicted octanol–water partition coefficient (Wildman–Crippen LogP) is 1.92. The number of ether oxygens (including phenoxy) is 2. The topological polar surface area (TPSA) is 52.6 Å². The first-order chi connectivity index (χ1) is 7.01. The number of carbonyl (C=O) groups is 2. The Bertz CT molecular complexity index is 211. The van der Waals surface area contributed by atoms with Crippen molar-refractivity contribution in [3.05, 3.63) is 0 Å². The highest BCUT2D eigenvalue weighted by Gasteiger charge is 2.21. The summed E-state index contributed by atoms with van der Waals surface area (Å²) in [6.45, 7) is 7.73. The van der Waals surface area contributed by atoms with Crippen LogP contribution in [0.15, 0.2) is 0 Å². The van der Waals surface area contributed by atoms with Crippen LogP contribution < -0.4 is 0 Å². The summed E-state index contributed by atoms with van der Waals surface area (Å²) in [5.41, 5.74) is 0. The lowest BCUT2D eigenvalue weighted by molar-refractivity contribution is -0.168. The van der Waals surface area contributed by atoms with Gasteiger partial charge in [0.1, 0.15) is 0 Å². The fraction of sp³-hybridized carbons (Fsp3) is 0.818. The highest BCUT2D eigenvalue weighted by Crippen LogP contribution is 2.04. The van der Waals surface area contributed by atoms with Gasteiger partial charge in [0.15, 0.2) is 6.10 Å². The van der Waals surface area contributed by atoms with Crippen molar-refractivity contribution in [3.63, 3.8) is 0 Å². The average molecular weight is 216 g/mol. The molecular weight excluding hydrogens is 196 g/mol. The fourth-order valence-corrected chi connectivity index (χ4v) is 0.882. The lowest BCUT2D eigenvalue weighted by Crippen LogP contribution is -2.29. The first kappa shape index (κ1) is 13.9. The minimum atomic E-state index is -0.754. The van der Waals surface area contributed by atoms with Crippen LogP contribution in [0.3, 0.4) is 0 Å². The van der Waals surface area contributed by atoms with Crippen LogP contribution in [0, 0.1) is 5.92 Å². The van der Waals surface area contributed by atoms with Crippen molar-refractivity contribution < 1.29 is 19.1 Å². The third-order valence-electron chi connectivity index (χ3n) is 1.75. The molecular formula is C11H20O4. The predicted molar refractivity (Wildman–Crippen MR) is 56.3 cm³/mol. The molecule has 0 aromatic rings. The zero-order valence-corrected chi connectivity index (χ0v) is 9.91. The van der Waals surface area contributed by atoms with Crippen molar-refractivity contribution in [2.75, 3.05) is 6.61 Å². The summed E-state index contributed by atoms with van der Waals surface area (Å²) < 4.78 is 9.92. The smallest absolute Gasteiger partial charge is 0.347 e. The summed E-state index contributed by atoms with van der Waals surface area (Å²) in [6, 6.07) is 0. The third kappa shape index (κ3) is 6.10. The molecule has 1 atom stereocenters. The van der Waals surface area contributed by atoms with E-state index < -0.39 is 12.1 Å². The summed E-state index contributed by atoms with van der Waals surface area (Å²) in [7, 11) is 0. The van der Waals surface area contributed by atoms with Gasteiger partial charge in [0.05, 0.1) is 6.61 Å². The van der Waals surface area contributed by atoms with Crippen LogP contribution in [0.2, 0.25) is 0 Å². The maximum Gasteiger partial charge on any atom is 0.347 e. The van der Waals surface area contributed by atoms with E-state index in [1.165, 1.54) is 0 Å². The van der Waals surface area contributed by atoms with Gasteiger partial charge in [0, 0.05) is 6.42 Å². The maximum absolute atomic E-state index is 11.4. The van der Waals surface area contributed by atoms with Crippen LogP contribution >= 0.6 is 0 Å². The standard InChI is InChI=1S/C11H20O4/c1-5-9(15-10(12)6-2)11(13)14-7-8(3)4/h8-9H,5-7H2,1-4H3/t9-/m1/s1. The van der Waals surface area contributed by atoms with Crippen LogP contribution in [0.1, 0.15) is 40.5 Å². The number of hydrogen-bond acceptors (Lipinski definition) is 4. The quantitative estimate of drug-likeness (QED) is 0.636. The van der Waals surface area contributed by atoms with Gasteiger partial charge in [-0.2, -0.15) is 0 Å². The highest BCUT2D eigenvalue weighted by atomic mass is 16.6. The Labute approximate surface area is 90.9 Å². The minimum absolute atomic E-state index is 0.272.